The topological polar surface area (TPSA) is 110 Å². The van der Waals surface area contributed by atoms with Gasteiger partial charge in [0.15, 0.2) is 5.82 Å². The summed E-state index contributed by atoms with van der Waals surface area (Å²) >= 11 is 1.57. The molecule has 0 aliphatic heterocycles. The predicted molar refractivity (Wildman–Crippen MR) is 103 cm³/mol. The fourth-order valence-corrected chi connectivity index (χ4v) is 3.38. The van der Waals surface area contributed by atoms with Gasteiger partial charge in [0.2, 0.25) is 17.6 Å². The molecule has 0 spiro atoms. The van der Waals surface area contributed by atoms with Crippen molar-refractivity contribution in [1.82, 2.24) is 30.6 Å². The lowest BCUT2D eigenvalue weighted by atomic mass is 10.1. The van der Waals surface area contributed by atoms with Crippen LogP contribution in [0.15, 0.2) is 51.7 Å². The maximum Gasteiger partial charge on any atom is 0.227 e. The summed E-state index contributed by atoms with van der Waals surface area (Å²) in [5, 5.41) is 17.9. The number of aromatic nitrogens is 5. The minimum atomic E-state index is -0.428. The van der Waals surface area contributed by atoms with Crippen molar-refractivity contribution in [3.63, 3.8) is 0 Å². The van der Waals surface area contributed by atoms with E-state index in [-0.39, 0.29) is 12.3 Å². The van der Waals surface area contributed by atoms with Gasteiger partial charge >= 0.3 is 0 Å². The SMILES string of the molecule is Cc1nc([C@@H](NC(=O)CCc2nc(-c3ccsc3)no2)c2ccccc2)n[nH]1. The van der Waals surface area contributed by atoms with Crippen molar-refractivity contribution in [1.29, 1.82) is 0 Å². The zero-order valence-corrected chi connectivity index (χ0v) is 15.9. The minimum absolute atomic E-state index is 0.147. The summed E-state index contributed by atoms with van der Waals surface area (Å²) in [6.07, 6.45) is 0.579. The summed E-state index contributed by atoms with van der Waals surface area (Å²) in [7, 11) is 0. The Balaban J connectivity index is 1.42. The van der Waals surface area contributed by atoms with E-state index < -0.39 is 6.04 Å². The molecule has 0 bridgehead atoms. The molecule has 4 aromatic rings. The number of nitrogens with one attached hydrogen (secondary N) is 2. The molecule has 0 fully saturated rings. The first-order valence-electron chi connectivity index (χ1n) is 8.77. The van der Waals surface area contributed by atoms with Gasteiger partial charge in [-0.1, -0.05) is 35.5 Å². The third-order valence-electron chi connectivity index (χ3n) is 4.12. The zero-order chi connectivity index (χ0) is 19.3. The highest BCUT2D eigenvalue weighted by molar-refractivity contribution is 7.08. The van der Waals surface area contributed by atoms with Crippen LogP contribution in [0.1, 0.15) is 35.6 Å². The summed E-state index contributed by atoms with van der Waals surface area (Å²) in [5.74, 6) is 2.04. The van der Waals surface area contributed by atoms with Crippen LogP contribution in [0.25, 0.3) is 11.4 Å². The van der Waals surface area contributed by atoms with Crippen molar-refractivity contribution in [2.75, 3.05) is 0 Å². The number of hydrogen-bond donors (Lipinski definition) is 2. The van der Waals surface area contributed by atoms with Gasteiger partial charge in [-0.2, -0.15) is 21.4 Å². The first-order valence-corrected chi connectivity index (χ1v) is 9.71. The number of rotatable bonds is 7. The highest BCUT2D eigenvalue weighted by Gasteiger charge is 2.21. The molecule has 0 saturated heterocycles. The van der Waals surface area contributed by atoms with E-state index in [4.69, 9.17) is 4.52 Å². The lowest BCUT2D eigenvalue weighted by Crippen LogP contribution is -2.30. The Labute approximate surface area is 165 Å². The lowest BCUT2D eigenvalue weighted by Gasteiger charge is -2.16. The van der Waals surface area contributed by atoms with Gasteiger partial charge < -0.3 is 9.84 Å². The van der Waals surface area contributed by atoms with Crippen LogP contribution in [0, 0.1) is 6.92 Å². The summed E-state index contributed by atoms with van der Waals surface area (Å²) in [4.78, 5) is 21.3. The van der Waals surface area contributed by atoms with Gasteiger partial charge in [-0.15, -0.1) is 0 Å². The molecule has 0 unspecified atom stereocenters. The standard InChI is InChI=1S/C19H18N6O2S/c1-12-20-19(24-23-12)17(13-5-3-2-4-6-13)21-15(26)7-8-16-22-18(25-27-16)14-9-10-28-11-14/h2-6,9-11,17H,7-8H2,1H3,(H,21,26)(H,20,23,24)/t17-/m0/s1. The number of amides is 1. The van der Waals surface area contributed by atoms with E-state index in [1.807, 2.05) is 54.1 Å². The second-order valence-electron chi connectivity index (χ2n) is 6.21. The predicted octanol–water partition coefficient (Wildman–Crippen LogP) is 3.06. The normalized spacial score (nSPS) is 12.0. The maximum atomic E-state index is 12.6. The Bertz CT molecular complexity index is 1040. The van der Waals surface area contributed by atoms with Crippen molar-refractivity contribution < 1.29 is 9.32 Å². The molecular weight excluding hydrogens is 376 g/mol. The fraction of sp³-hybridized carbons (Fsp3) is 0.211. The molecule has 3 aromatic heterocycles. The average Bonchev–Trinajstić information content (AvgIpc) is 3.46. The number of aromatic amines is 1. The lowest BCUT2D eigenvalue weighted by molar-refractivity contribution is -0.121. The maximum absolute atomic E-state index is 12.6. The number of nitrogens with zero attached hydrogens (tertiary/aromatic N) is 4. The highest BCUT2D eigenvalue weighted by Crippen LogP contribution is 2.20. The molecule has 0 aliphatic carbocycles. The second kappa shape index (κ2) is 8.13. The van der Waals surface area contributed by atoms with Crippen LogP contribution in [0.4, 0.5) is 0 Å². The molecule has 1 atom stereocenters. The molecule has 8 nitrogen and oxygen atoms in total. The van der Waals surface area contributed by atoms with E-state index in [2.05, 4.69) is 30.6 Å². The van der Waals surface area contributed by atoms with E-state index in [0.29, 0.717) is 29.8 Å². The third-order valence-corrected chi connectivity index (χ3v) is 4.81. The number of benzene rings is 1. The van der Waals surface area contributed by atoms with Crippen molar-refractivity contribution in [3.8, 4) is 11.4 Å². The smallest absolute Gasteiger partial charge is 0.227 e. The summed E-state index contributed by atoms with van der Waals surface area (Å²) < 4.78 is 5.25. The first kappa shape index (κ1) is 18.1. The molecule has 1 amide bonds. The molecule has 0 radical (unpaired) electrons. The molecule has 9 heteroatoms. The Morgan fingerprint density at radius 2 is 2.11 bits per heavy atom. The Hall–Kier alpha value is -3.33. The zero-order valence-electron chi connectivity index (χ0n) is 15.1. The van der Waals surface area contributed by atoms with Gasteiger partial charge in [0.25, 0.3) is 0 Å². The summed E-state index contributed by atoms with van der Waals surface area (Å²) in [5.41, 5.74) is 1.82. The summed E-state index contributed by atoms with van der Waals surface area (Å²) in [6.45, 7) is 1.82. The Morgan fingerprint density at radius 1 is 1.25 bits per heavy atom. The van der Waals surface area contributed by atoms with Crippen LogP contribution >= 0.6 is 11.3 Å². The highest BCUT2D eigenvalue weighted by atomic mass is 32.1. The van der Waals surface area contributed by atoms with E-state index in [1.165, 1.54) is 0 Å². The van der Waals surface area contributed by atoms with Crippen LogP contribution in [-0.4, -0.2) is 31.2 Å². The molecule has 0 saturated carbocycles. The first-order chi connectivity index (χ1) is 13.7. The number of carbonyl (C=O) groups excluding carboxylic acids is 1. The number of hydrogen-bond acceptors (Lipinski definition) is 7. The molecule has 142 valence electrons. The summed E-state index contributed by atoms with van der Waals surface area (Å²) in [6, 6.07) is 11.1. The monoisotopic (exact) mass is 394 g/mol. The molecule has 2 N–H and O–H groups in total. The number of carbonyl (C=O) groups is 1. The van der Waals surface area contributed by atoms with E-state index >= 15 is 0 Å². The van der Waals surface area contributed by atoms with Gasteiger partial charge in [-0.25, -0.2) is 4.98 Å². The fourth-order valence-electron chi connectivity index (χ4n) is 2.75. The average molecular weight is 394 g/mol. The second-order valence-corrected chi connectivity index (χ2v) is 6.99. The largest absolute Gasteiger partial charge is 0.342 e. The van der Waals surface area contributed by atoms with Gasteiger partial charge in [-0.05, 0) is 23.9 Å². The minimum Gasteiger partial charge on any atom is -0.342 e. The number of aryl methyl sites for hydroxylation is 2. The van der Waals surface area contributed by atoms with Gasteiger partial charge in [-0.3, -0.25) is 9.89 Å². The van der Waals surface area contributed by atoms with Crippen molar-refractivity contribution in [3.05, 3.63) is 70.3 Å². The van der Waals surface area contributed by atoms with Gasteiger partial charge in [0.05, 0.1) is 0 Å². The molecule has 28 heavy (non-hydrogen) atoms. The van der Waals surface area contributed by atoms with Gasteiger partial charge in [0.1, 0.15) is 11.9 Å². The van der Waals surface area contributed by atoms with Crippen LogP contribution in [0.2, 0.25) is 0 Å². The number of H-pyrrole nitrogens is 1. The molecule has 3 heterocycles. The van der Waals surface area contributed by atoms with Crippen LogP contribution < -0.4 is 5.32 Å². The van der Waals surface area contributed by atoms with Crippen molar-refractivity contribution in [2.45, 2.75) is 25.8 Å². The van der Waals surface area contributed by atoms with E-state index in [1.54, 1.807) is 11.3 Å². The van der Waals surface area contributed by atoms with E-state index in [9.17, 15) is 4.79 Å². The molecule has 1 aromatic carbocycles. The van der Waals surface area contributed by atoms with Crippen LogP contribution in [0.3, 0.4) is 0 Å². The van der Waals surface area contributed by atoms with Crippen molar-refractivity contribution >= 4 is 17.2 Å². The Kier molecular flexibility index (Phi) is 5.24. The number of thiophene rings is 1. The molecule has 4 rings (SSSR count). The van der Waals surface area contributed by atoms with Crippen LogP contribution in [-0.2, 0) is 11.2 Å². The van der Waals surface area contributed by atoms with Crippen molar-refractivity contribution in [2.24, 2.45) is 0 Å². The molecular formula is C19H18N6O2S. The molecule has 0 aliphatic rings. The van der Waals surface area contributed by atoms with Crippen LogP contribution in [0.5, 0.6) is 0 Å². The third kappa shape index (κ3) is 4.15. The van der Waals surface area contributed by atoms with E-state index in [0.717, 1.165) is 11.1 Å². The Morgan fingerprint density at radius 3 is 2.82 bits per heavy atom. The van der Waals surface area contributed by atoms with Gasteiger partial charge in [0, 0.05) is 23.8 Å². The quantitative estimate of drug-likeness (QED) is 0.498.